The number of nitrogens with zero attached hydrogens (tertiary/aromatic N) is 1. The van der Waals surface area contributed by atoms with Crippen molar-refractivity contribution in [3.05, 3.63) is 48.6 Å². The van der Waals surface area contributed by atoms with Crippen molar-refractivity contribution in [3.63, 3.8) is 0 Å². The molecule has 0 aliphatic rings. The normalized spacial score (nSPS) is 9.50. The number of carbonyl (C=O) groups is 1. The van der Waals surface area contributed by atoms with Crippen LogP contribution in [0.3, 0.4) is 0 Å². The Hall–Kier alpha value is -1.61. The Morgan fingerprint density at radius 1 is 1.43 bits per heavy atom. The first-order valence-corrected chi connectivity index (χ1v) is 4.34. The number of rotatable bonds is 4. The fraction of sp³-hybridized carbons (Fsp3) is 0.182. The second kappa shape index (κ2) is 5.19. The average Bonchev–Trinajstić information content (AvgIpc) is 2.26. The molecule has 1 aromatic carbocycles. The zero-order chi connectivity index (χ0) is 10.4. The number of aliphatic hydroxyl groups is 1. The lowest BCUT2D eigenvalue weighted by Crippen LogP contribution is -2.29. The summed E-state index contributed by atoms with van der Waals surface area (Å²) in [6.45, 7) is 3.48. The number of hydrogen-bond donors (Lipinski definition) is 1. The molecule has 0 bridgehead atoms. The molecule has 0 heterocycles. The third-order valence-electron chi connectivity index (χ3n) is 1.87. The van der Waals surface area contributed by atoms with Gasteiger partial charge in [0.05, 0.1) is 0 Å². The van der Waals surface area contributed by atoms with E-state index in [9.17, 15) is 4.79 Å². The van der Waals surface area contributed by atoms with Crippen LogP contribution >= 0.6 is 0 Å². The molecule has 14 heavy (non-hydrogen) atoms. The molecule has 0 aromatic heterocycles. The zero-order valence-corrected chi connectivity index (χ0v) is 7.89. The molecule has 0 unspecified atom stereocenters. The van der Waals surface area contributed by atoms with Crippen LogP contribution in [0.2, 0.25) is 0 Å². The lowest BCUT2D eigenvalue weighted by molar-refractivity contribution is -0.130. The van der Waals surface area contributed by atoms with E-state index in [2.05, 4.69) is 6.58 Å². The van der Waals surface area contributed by atoms with Crippen molar-refractivity contribution in [1.29, 1.82) is 0 Å². The Morgan fingerprint density at radius 2 is 2.07 bits per heavy atom. The summed E-state index contributed by atoms with van der Waals surface area (Å²) in [5.41, 5.74) is 0.983. The van der Waals surface area contributed by atoms with E-state index in [1.165, 1.54) is 11.0 Å². The molecule has 0 fully saturated rings. The number of aliphatic hydroxyl groups excluding tert-OH is 1. The van der Waals surface area contributed by atoms with Gasteiger partial charge in [0.25, 0.3) is 0 Å². The summed E-state index contributed by atoms with van der Waals surface area (Å²) in [6, 6.07) is 9.49. The standard InChI is InChI=1S/C11H13NO2/c1-2-11(14)12(9-13)8-10-6-4-3-5-7-10/h2-7,13H,1,8-9H2. The van der Waals surface area contributed by atoms with Crippen molar-refractivity contribution >= 4 is 5.91 Å². The van der Waals surface area contributed by atoms with Crippen molar-refractivity contribution in [2.24, 2.45) is 0 Å². The predicted octanol–water partition coefficient (Wildman–Crippen LogP) is 1.15. The van der Waals surface area contributed by atoms with E-state index < -0.39 is 0 Å². The first-order chi connectivity index (χ1) is 6.77. The molecule has 3 nitrogen and oxygen atoms in total. The van der Waals surface area contributed by atoms with Crippen molar-refractivity contribution in [3.8, 4) is 0 Å². The lowest BCUT2D eigenvalue weighted by Gasteiger charge is -2.17. The molecule has 1 amide bonds. The van der Waals surface area contributed by atoms with E-state index >= 15 is 0 Å². The maximum atomic E-state index is 11.2. The van der Waals surface area contributed by atoms with Crippen LogP contribution in [0.5, 0.6) is 0 Å². The molecule has 0 atom stereocenters. The van der Waals surface area contributed by atoms with Gasteiger partial charge in [0.15, 0.2) is 0 Å². The smallest absolute Gasteiger partial charge is 0.248 e. The van der Waals surface area contributed by atoms with Crippen LogP contribution in [0, 0.1) is 0 Å². The summed E-state index contributed by atoms with van der Waals surface area (Å²) in [4.78, 5) is 12.5. The van der Waals surface area contributed by atoms with Gasteiger partial charge in [-0.25, -0.2) is 0 Å². The Labute approximate surface area is 83.3 Å². The summed E-state index contributed by atoms with van der Waals surface area (Å²) in [6.07, 6.45) is 1.19. The van der Waals surface area contributed by atoms with Gasteiger partial charge in [0, 0.05) is 6.54 Å². The zero-order valence-electron chi connectivity index (χ0n) is 7.89. The van der Waals surface area contributed by atoms with Crippen molar-refractivity contribution < 1.29 is 9.90 Å². The molecule has 1 rings (SSSR count). The maximum Gasteiger partial charge on any atom is 0.248 e. The molecule has 0 aliphatic heterocycles. The first kappa shape index (κ1) is 10.5. The highest BCUT2D eigenvalue weighted by Gasteiger charge is 2.08. The molecule has 0 spiro atoms. The summed E-state index contributed by atoms with van der Waals surface area (Å²) < 4.78 is 0. The number of carbonyl (C=O) groups excluding carboxylic acids is 1. The molecule has 0 saturated carbocycles. The highest BCUT2D eigenvalue weighted by Crippen LogP contribution is 2.03. The van der Waals surface area contributed by atoms with E-state index in [4.69, 9.17) is 5.11 Å². The van der Waals surface area contributed by atoms with Crippen LogP contribution in [0.25, 0.3) is 0 Å². The minimum atomic E-state index is -0.292. The highest BCUT2D eigenvalue weighted by molar-refractivity contribution is 5.86. The van der Waals surface area contributed by atoms with Crippen molar-refractivity contribution in [1.82, 2.24) is 4.90 Å². The molecular weight excluding hydrogens is 178 g/mol. The predicted molar refractivity (Wildman–Crippen MR) is 54.3 cm³/mol. The van der Waals surface area contributed by atoms with Gasteiger partial charge in [-0.15, -0.1) is 0 Å². The van der Waals surface area contributed by atoms with E-state index in [0.717, 1.165) is 5.56 Å². The lowest BCUT2D eigenvalue weighted by atomic mass is 10.2. The number of amides is 1. The van der Waals surface area contributed by atoms with Crippen LogP contribution in [-0.4, -0.2) is 22.6 Å². The van der Waals surface area contributed by atoms with Gasteiger partial charge >= 0.3 is 0 Å². The van der Waals surface area contributed by atoms with Gasteiger partial charge in [-0.3, -0.25) is 4.79 Å². The monoisotopic (exact) mass is 191 g/mol. The fourth-order valence-corrected chi connectivity index (χ4v) is 1.13. The molecule has 1 N–H and O–H groups in total. The molecular formula is C11H13NO2. The van der Waals surface area contributed by atoms with Crippen molar-refractivity contribution in [2.45, 2.75) is 6.54 Å². The van der Waals surface area contributed by atoms with Crippen LogP contribution in [0.15, 0.2) is 43.0 Å². The van der Waals surface area contributed by atoms with E-state index in [-0.39, 0.29) is 12.6 Å². The summed E-state index contributed by atoms with van der Waals surface area (Å²) in [5.74, 6) is -0.267. The Kier molecular flexibility index (Phi) is 3.88. The van der Waals surface area contributed by atoms with Gasteiger partial charge in [0.2, 0.25) is 5.91 Å². The van der Waals surface area contributed by atoms with Gasteiger partial charge in [-0.2, -0.15) is 0 Å². The van der Waals surface area contributed by atoms with Gasteiger partial charge in [-0.1, -0.05) is 36.9 Å². The summed E-state index contributed by atoms with van der Waals surface area (Å²) in [5, 5.41) is 8.95. The SMILES string of the molecule is C=CC(=O)N(CO)Cc1ccccc1. The van der Waals surface area contributed by atoms with Crippen LogP contribution in [0.1, 0.15) is 5.56 Å². The molecule has 3 heteroatoms. The van der Waals surface area contributed by atoms with E-state index in [1.54, 1.807) is 0 Å². The molecule has 0 saturated heterocycles. The molecule has 74 valence electrons. The minimum absolute atomic E-state index is 0.267. The van der Waals surface area contributed by atoms with Crippen LogP contribution in [-0.2, 0) is 11.3 Å². The Morgan fingerprint density at radius 3 is 2.57 bits per heavy atom. The van der Waals surface area contributed by atoms with E-state index in [0.29, 0.717) is 6.54 Å². The Bertz CT molecular complexity index is 308. The van der Waals surface area contributed by atoms with Gasteiger partial charge < -0.3 is 10.0 Å². The average molecular weight is 191 g/mol. The topological polar surface area (TPSA) is 40.5 Å². The highest BCUT2D eigenvalue weighted by atomic mass is 16.3. The van der Waals surface area contributed by atoms with E-state index in [1.807, 2.05) is 30.3 Å². The van der Waals surface area contributed by atoms with Gasteiger partial charge in [0.1, 0.15) is 6.73 Å². The van der Waals surface area contributed by atoms with Crippen LogP contribution < -0.4 is 0 Å². The minimum Gasteiger partial charge on any atom is -0.376 e. The van der Waals surface area contributed by atoms with Crippen molar-refractivity contribution in [2.75, 3.05) is 6.73 Å². The number of hydrogen-bond acceptors (Lipinski definition) is 2. The first-order valence-electron chi connectivity index (χ1n) is 4.34. The largest absolute Gasteiger partial charge is 0.376 e. The second-order valence-corrected chi connectivity index (χ2v) is 2.87. The van der Waals surface area contributed by atoms with Gasteiger partial charge in [-0.05, 0) is 11.6 Å². The molecule has 0 aliphatic carbocycles. The maximum absolute atomic E-state index is 11.2. The third-order valence-corrected chi connectivity index (χ3v) is 1.87. The fourth-order valence-electron chi connectivity index (χ4n) is 1.13. The summed E-state index contributed by atoms with van der Waals surface area (Å²) >= 11 is 0. The van der Waals surface area contributed by atoms with Crippen LogP contribution in [0.4, 0.5) is 0 Å². The summed E-state index contributed by atoms with van der Waals surface area (Å²) in [7, 11) is 0. The molecule has 0 radical (unpaired) electrons. The third kappa shape index (κ3) is 2.71. The quantitative estimate of drug-likeness (QED) is 0.573. The Balaban J connectivity index is 2.66. The second-order valence-electron chi connectivity index (χ2n) is 2.87. The number of benzene rings is 1. The molecule has 1 aromatic rings.